The Kier molecular flexibility index (Phi) is 68.6. The van der Waals surface area contributed by atoms with Gasteiger partial charge in [-0.15, -0.1) is 0 Å². The van der Waals surface area contributed by atoms with Crippen molar-refractivity contribution in [2.75, 3.05) is 13.2 Å². The van der Waals surface area contributed by atoms with Gasteiger partial charge < -0.3 is 14.2 Å². The molecular weight excluding hydrogens is 1020 g/mol. The van der Waals surface area contributed by atoms with Crippen molar-refractivity contribution in [1.82, 2.24) is 0 Å². The van der Waals surface area contributed by atoms with Gasteiger partial charge in [-0.3, -0.25) is 14.4 Å². The lowest BCUT2D eigenvalue weighted by Gasteiger charge is -2.18. The second kappa shape index (κ2) is 71.3. The lowest BCUT2D eigenvalue weighted by atomic mass is 10.0. The Morgan fingerprint density at radius 3 is 0.675 bits per heavy atom. The fourth-order valence-electron chi connectivity index (χ4n) is 10.7. The van der Waals surface area contributed by atoms with Crippen LogP contribution in [0.2, 0.25) is 0 Å². The molecule has 0 amide bonds. The molecule has 83 heavy (non-hydrogen) atoms. The van der Waals surface area contributed by atoms with E-state index in [0.29, 0.717) is 19.3 Å². The van der Waals surface area contributed by atoms with Gasteiger partial charge in [-0.25, -0.2) is 0 Å². The Labute approximate surface area is 516 Å². The fraction of sp³-hybridized carbons (Fsp3) is 0.805. The Morgan fingerprint density at radius 1 is 0.241 bits per heavy atom. The highest BCUT2D eigenvalue weighted by molar-refractivity contribution is 5.71. The van der Waals surface area contributed by atoms with Crippen LogP contribution < -0.4 is 0 Å². The number of hydrogen-bond donors (Lipinski definition) is 0. The molecule has 0 aliphatic carbocycles. The Morgan fingerprint density at radius 2 is 0.434 bits per heavy atom. The van der Waals surface area contributed by atoms with Gasteiger partial charge in [-0.1, -0.05) is 338 Å². The number of carbonyl (C=O) groups excluding carboxylic acids is 3. The van der Waals surface area contributed by atoms with Crippen LogP contribution in [0.5, 0.6) is 0 Å². The average molecular weight is 1160 g/mol. The third-order valence-corrected chi connectivity index (χ3v) is 16.2. The minimum Gasteiger partial charge on any atom is -0.462 e. The lowest BCUT2D eigenvalue weighted by Crippen LogP contribution is -2.30. The number of carbonyl (C=O) groups is 3. The molecule has 1 atom stereocenters. The molecule has 482 valence electrons. The van der Waals surface area contributed by atoms with Crippen molar-refractivity contribution in [1.29, 1.82) is 0 Å². The first kappa shape index (κ1) is 79.8. The van der Waals surface area contributed by atoms with Gasteiger partial charge in [0.2, 0.25) is 0 Å². The molecule has 0 aromatic rings. The van der Waals surface area contributed by atoms with Crippen LogP contribution in [0.3, 0.4) is 0 Å². The first-order chi connectivity index (χ1) is 41.0. The van der Waals surface area contributed by atoms with Crippen LogP contribution in [-0.2, 0) is 28.6 Å². The standard InChI is InChI=1S/C77H138O6/c1-4-7-10-13-16-19-22-25-28-31-34-37-38-41-43-46-49-52-55-58-61-64-67-70-76(79)82-73-74(83-77(80)71-68-65-62-59-56-53-50-47-44-40-36-33-30-27-24-21-18-15-12-9-6-3)72-81-75(78)69-66-63-60-57-54-51-48-45-42-39-35-32-29-26-23-20-17-14-11-8-5-2/h23-24,26-27,32-33,35-36,42,44-45,47,74H,4-22,25,28-31,34,37-41,43,46,48-73H2,1-3H3/b26-23-,27-24-,35-32-,36-33-,45-42-,47-44-. The molecule has 0 aliphatic rings. The van der Waals surface area contributed by atoms with Crippen LogP contribution in [0, 0.1) is 0 Å². The molecule has 0 saturated carbocycles. The van der Waals surface area contributed by atoms with Crippen molar-refractivity contribution in [3.8, 4) is 0 Å². The molecule has 0 fully saturated rings. The summed E-state index contributed by atoms with van der Waals surface area (Å²) in [6.45, 7) is 6.66. The largest absolute Gasteiger partial charge is 0.462 e. The number of esters is 3. The molecular formula is C77H138O6. The molecule has 0 heterocycles. The molecule has 1 unspecified atom stereocenters. The molecule has 0 aliphatic heterocycles. The highest BCUT2D eigenvalue weighted by Crippen LogP contribution is 2.18. The summed E-state index contributed by atoms with van der Waals surface area (Å²) in [5.41, 5.74) is 0. The zero-order chi connectivity index (χ0) is 59.9. The van der Waals surface area contributed by atoms with Crippen LogP contribution in [-0.4, -0.2) is 37.2 Å². The van der Waals surface area contributed by atoms with Crippen LogP contribution >= 0.6 is 0 Å². The molecule has 0 radical (unpaired) electrons. The lowest BCUT2D eigenvalue weighted by molar-refractivity contribution is -0.167. The zero-order valence-electron chi connectivity index (χ0n) is 55.5. The first-order valence-corrected chi connectivity index (χ1v) is 36.4. The summed E-state index contributed by atoms with van der Waals surface area (Å²) in [4.78, 5) is 38.5. The first-order valence-electron chi connectivity index (χ1n) is 36.4. The Hall–Kier alpha value is -3.15. The monoisotopic (exact) mass is 1160 g/mol. The van der Waals surface area contributed by atoms with Gasteiger partial charge in [0.15, 0.2) is 6.10 Å². The van der Waals surface area contributed by atoms with Gasteiger partial charge >= 0.3 is 17.9 Å². The van der Waals surface area contributed by atoms with E-state index in [-0.39, 0.29) is 31.1 Å². The van der Waals surface area contributed by atoms with Gasteiger partial charge in [0.25, 0.3) is 0 Å². The minimum absolute atomic E-state index is 0.0819. The summed E-state index contributed by atoms with van der Waals surface area (Å²) in [6.07, 6.45) is 93.5. The molecule has 0 spiro atoms. The molecule has 0 rings (SSSR count). The van der Waals surface area contributed by atoms with E-state index in [4.69, 9.17) is 14.2 Å². The van der Waals surface area contributed by atoms with E-state index in [9.17, 15) is 14.4 Å². The van der Waals surface area contributed by atoms with E-state index < -0.39 is 6.10 Å². The summed E-state index contributed by atoms with van der Waals surface area (Å²) in [6, 6.07) is 0. The second-order valence-corrected chi connectivity index (χ2v) is 24.5. The summed E-state index contributed by atoms with van der Waals surface area (Å²) < 4.78 is 17.0. The van der Waals surface area contributed by atoms with Crippen molar-refractivity contribution >= 4 is 17.9 Å². The summed E-state index contributed by atoms with van der Waals surface area (Å²) >= 11 is 0. The predicted molar refractivity (Wildman–Crippen MR) is 362 cm³/mol. The van der Waals surface area contributed by atoms with Crippen LogP contribution in [0.4, 0.5) is 0 Å². The van der Waals surface area contributed by atoms with Gasteiger partial charge in [0, 0.05) is 19.3 Å². The number of hydrogen-bond acceptors (Lipinski definition) is 6. The van der Waals surface area contributed by atoms with E-state index in [1.807, 2.05) is 0 Å². The second-order valence-electron chi connectivity index (χ2n) is 24.5. The highest BCUT2D eigenvalue weighted by atomic mass is 16.6. The van der Waals surface area contributed by atoms with Crippen molar-refractivity contribution in [2.24, 2.45) is 0 Å². The van der Waals surface area contributed by atoms with Gasteiger partial charge in [0.05, 0.1) is 0 Å². The maximum atomic E-state index is 13.0. The third kappa shape index (κ3) is 69.5. The fourth-order valence-corrected chi connectivity index (χ4v) is 10.7. The van der Waals surface area contributed by atoms with Crippen LogP contribution in [0.15, 0.2) is 72.9 Å². The maximum Gasteiger partial charge on any atom is 0.306 e. The highest BCUT2D eigenvalue weighted by Gasteiger charge is 2.19. The summed E-state index contributed by atoms with van der Waals surface area (Å²) in [5.74, 6) is -0.884. The predicted octanol–water partition coefficient (Wildman–Crippen LogP) is 25.2. The SMILES string of the molecule is CCCCCCC/C=C\C/C=C\C/C=C\CCCCCCCCC(=O)OCC(COC(=O)CCCCCCCCCCCCCCCCCCCCCCCCC)OC(=O)CCCCCCCC/C=C\C/C=C\C/C=C\CCCCCCC. The molecule has 0 bridgehead atoms. The van der Waals surface area contributed by atoms with Gasteiger partial charge in [0.1, 0.15) is 13.2 Å². The minimum atomic E-state index is -0.790. The number of rotatable bonds is 67. The Bertz CT molecular complexity index is 1520. The number of ether oxygens (including phenoxy) is 3. The molecule has 0 aromatic heterocycles. The van der Waals surface area contributed by atoms with E-state index in [1.54, 1.807) is 0 Å². The number of allylic oxidation sites excluding steroid dienone is 12. The van der Waals surface area contributed by atoms with Crippen molar-refractivity contribution in [2.45, 2.75) is 386 Å². The normalized spacial score (nSPS) is 12.5. The molecule has 6 heteroatoms. The van der Waals surface area contributed by atoms with Crippen LogP contribution in [0.1, 0.15) is 380 Å². The molecule has 0 saturated heterocycles. The van der Waals surface area contributed by atoms with E-state index >= 15 is 0 Å². The van der Waals surface area contributed by atoms with Gasteiger partial charge in [-0.2, -0.15) is 0 Å². The van der Waals surface area contributed by atoms with Crippen LogP contribution in [0.25, 0.3) is 0 Å². The average Bonchev–Trinajstić information content (AvgIpc) is 3.49. The van der Waals surface area contributed by atoms with Gasteiger partial charge in [-0.05, 0) is 96.3 Å². The molecule has 6 nitrogen and oxygen atoms in total. The third-order valence-electron chi connectivity index (χ3n) is 16.2. The van der Waals surface area contributed by atoms with Crippen molar-refractivity contribution in [3.05, 3.63) is 72.9 Å². The Balaban J connectivity index is 4.39. The molecule has 0 aromatic carbocycles. The van der Waals surface area contributed by atoms with E-state index in [0.717, 1.165) is 103 Å². The smallest absolute Gasteiger partial charge is 0.306 e. The summed E-state index contributed by atoms with van der Waals surface area (Å²) in [5, 5.41) is 0. The summed E-state index contributed by atoms with van der Waals surface area (Å²) in [7, 11) is 0. The van der Waals surface area contributed by atoms with Crippen molar-refractivity contribution < 1.29 is 28.6 Å². The number of unbranched alkanes of at least 4 members (excludes halogenated alkanes) is 44. The van der Waals surface area contributed by atoms with E-state index in [2.05, 4.69) is 93.7 Å². The maximum absolute atomic E-state index is 13.0. The quantitative estimate of drug-likeness (QED) is 0.0261. The van der Waals surface area contributed by atoms with Crippen molar-refractivity contribution in [3.63, 3.8) is 0 Å². The topological polar surface area (TPSA) is 78.9 Å². The molecule has 0 N–H and O–H groups in total. The van der Waals surface area contributed by atoms with E-state index in [1.165, 1.54) is 238 Å². The zero-order valence-corrected chi connectivity index (χ0v) is 55.5.